The molecule has 0 spiro atoms. The van der Waals surface area contributed by atoms with Gasteiger partial charge in [-0.3, -0.25) is 14.4 Å². The van der Waals surface area contributed by atoms with Gasteiger partial charge in [0.05, 0.1) is 12.0 Å². The standard InChI is InChI=1S/C31H30N2O7/c1-2-28(34)33-26-10-6-3-7-21(26)19-32-31(38)25-18-27(23-8-4-5-9-24(23)30(25)37)40-16-15-39-22-13-11-20(12-14-22)17-29(35)36/h3-14,18,37H,2,15-17,19H2,1H3,(H,32,38)(H,33,34)(H,35,36). The lowest BCUT2D eigenvalue weighted by atomic mass is 10.0. The Labute approximate surface area is 231 Å². The highest BCUT2D eigenvalue weighted by atomic mass is 16.5. The number of phenolic OH excluding ortho intramolecular Hbond substituents is 1. The van der Waals surface area contributed by atoms with Crippen LogP contribution in [0.15, 0.2) is 78.9 Å². The Bertz CT molecular complexity index is 1520. The van der Waals surface area contributed by atoms with Crippen molar-refractivity contribution in [3.05, 3.63) is 95.6 Å². The second kappa shape index (κ2) is 13.1. The molecule has 0 fully saturated rings. The van der Waals surface area contributed by atoms with E-state index in [0.717, 1.165) is 5.56 Å². The Morgan fingerprint density at radius 3 is 2.25 bits per heavy atom. The summed E-state index contributed by atoms with van der Waals surface area (Å²) >= 11 is 0. The van der Waals surface area contributed by atoms with E-state index in [-0.39, 0.29) is 43.4 Å². The Hall–Kier alpha value is -5.05. The fourth-order valence-corrected chi connectivity index (χ4v) is 4.11. The first-order chi connectivity index (χ1) is 19.4. The number of carbonyl (C=O) groups excluding carboxylic acids is 2. The molecule has 2 amide bonds. The van der Waals surface area contributed by atoms with Gasteiger partial charge in [0.25, 0.3) is 5.91 Å². The molecule has 206 valence electrons. The van der Waals surface area contributed by atoms with Crippen molar-refractivity contribution in [3.8, 4) is 17.2 Å². The zero-order valence-corrected chi connectivity index (χ0v) is 22.0. The third-order valence-electron chi connectivity index (χ3n) is 6.16. The van der Waals surface area contributed by atoms with Crippen LogP contribution < -0.4 is 20.1 Å². The van der Waals surface area contributed by atoms with E-state index in [1.165, 1.54) is 6.07 Å². The molecule has 9 heteroatoms. The van der Waals surface area contributed by atoms with Crippen molar-refractivity contribution in [2.75, 3.05) is 18.5 Å². The van der Waals surface area contributed by atoms with E-state index in [4.69, 9.17) is 14.6 Å². The van der Waals surface area contributed by atoms with E-state index in [0.29, 0.717) is 39.9 Å². The fourth-order valence-electron chi connectivity index (χ4n) is 4.11. The summed E-state index contributed by atoms with van der Waals surface area (Å²) in [6.07, 6.45) is 0.272. The minimum atomic E-state index is -0.901. The van der Waals surface area contributed by atoms with E-state index >= 15 is 0 Å². The number of carboxylic acid groups (broad SMARTS) is 1. The zero-order chi connectivity index (χ0) is 28.5. The topological polar surface area (TPSA) is 134 Å². The molecule has 0 aliphatic heterocycles. The number of aliphatic carboxylic acids is 1. The van der Waals surface area contributed by atoms with Gasteiger partial charge in [-0.2, -0.15) is 0 Å². The number of para-hydroxylation sites is 1. The van der Waals surface area contributed by atoms with E-state index in [1.807, 2.05) is 12.1 Å². The first-order valence-corrected chi connectivity index (χ1v) is 12.8. The first-order valence-electron chi connectivity index (χ1n) is 12.8. The highest BCUT2D eigenvalue weighted by molar-refractivity contribution is 6.06. The van der Waals surface area contributed by atoms with Crippen LogP contribution in [0.3, 0.4) is 0 Å². The van der Waals surface area contributed by atoms with Gasteiger partial charge >= 0.3 is 5.97 Å². The lowest BCUT2D eigenvalue weighted by molar-refractivity contribution is -0.136. The largest absolute Gasteiger partial charge is 0.506 e. The average Bonchev–Trinajstić information content (AvgIpc) is 2.96. The first kappa shape index (κ1) is 28.0. The summed E-state index contributed by atoms with van der Waals surface area (Å²) in [6.45, 7) is 2.27. The number of nitrogens with one attached hydrogen (secondary N) is 2. The molecule has 0 atom stereocenters. The Morgan fingerprint density at radius 2 is 1.52 bits per heavy atom. The van der Waals surface area contributed by atoms with Crippen molar-refractivity contribution < 1.29 is 34.1 Å². The SMILES string of the molecule is CCC(=O)Nc1ccccc1CNC(=O)c1cc(OCCOc2ccc(CC(=O)O)cc2)c2ccccc2c1O. The molecule has 40 heavy (non-hydrogen) atoms. The molecule has 0 radical (unpaired) electrons. The van der Waals surface area contributed by atoms with E-state index < -0.39 is 11.9 Å². The molecule has 4 aromatic rings. The number of hydrogen-bond acceptors (Lipinski definition) is 6. The van der Waals surface area contributed by atoms with E-state index in [1.54, 1.807) is 67.6 Å². The molecule has 4 rings (SSSR count). The number of aromatic hydroxyl groups is 1. The van der Waals surface area contributed by atoms with Gasteiger partial charge < -0.3 is 30.3 Å². The Balaban J connectivity index is 1.45. The summed E-state index contributed by atoms with van der Waals surface area (Å²) < 4.78 is 11.7. The monoisotopic (exact) mass is 542 g/mol. The lowest BCUT2D eigenvalue weighted by Gasteiger charge is -2.15. The van der Waals surface area contributed by atoms with Gasteiger partial charge in [-0.15, -0.1) is 0 Å². The molecular weight excluding hydrogens is 512 g/mol. The van der Waals surface area contributed by atoms with Crippen molar-refractivity contribution in [1.29, 1.82) is 0 Å². The number of amides is 2. The number of hydrogen-bond donors (Lipinski definition) is 4. The average molecular weight is 543 g/mol. The zero-order valence-electron chi connectivity index (χ0n) is 22.0. The fraction of sp³-hybridized carbons (Fsp3) is 0.194. The minimum Gasteiger partial charge on any atom is -0.506 e. The number of carbonyl (C=O) groups is 3. The quantitative estimate of drug-likeness (QED) is 0.187. The summed E-state index contributed by atoms with van der Waals surface area (Å²) in [6, 6.07) is 22.5. The predicted octanol–water partition coefficient (Wildman–Crippen LogP) is 4.91. The number of phenols is 1. The van der Waals surface area contributed by atoms with Crippen LogP contribution in [0, 0.1) is 0 Å². The highest BCUT2D eigenvalue weighted by Crippen LogP contribution is 2.36. The van der Waals surface area contributed by atoms with Gasteiger partial charge in [-0.05, 0) is 35.4 Å². The Kier molecular flexibility index (Phi) is 9.19. The summed E-state index contributed by atoms with van der Waals surface area (Å²) in [5, 5.41) is 26.6. The molecule has 0 unspecified atom stereocenters. The van der Waals surface area contributed by atoms with Crippen LogP contribution in [0.1, 0.15) is 34.8 Å². The van der Waals surface area contributed by atoms with Gasteiger partial charge in [0.1, 0.15) is 30.5 Å². The molecule has 0 heterocycles. The summed E-state index contributed by atoms with van der Waals surface area (Å²) in [7, 11) is 0. The molecule has 0 aliphatic carbocycles. The maximum atomic E-state index is 13.2. The van der Waals surface area contributed by atoms with Crippen molar-refractivity contribution in [3.63, 3.8) is 0 Å². The van der Waals surface area contributed by atoms with Crippen LogP contribution in [-0.2, 0) is 22.6 Å². The number of rotatable bonds is 12. The normalized spacial score (nSPS) is 10.6. The highest BCUT2D eigenvalue weighted by Gasteiger charge is 2.18. The van der Waals surface area contributed by atoms with Crippen LogP contribution in [-0.4, -0.2) is 41.2 Å². The summed E-state index contributed by atoms with van der Waals surface area (Å²) in [5.74, 6) is -0.708. The second-order valence-corrected chi connectivity index (χ2v) is 8.97. The van der Waals surface area contributed by atoms with Crippen LogP contribution in [0.4, 0.5) is 5.69 Å². The third kappa shape index (κ3) is 7.08. The Morgan fingerprint density at radius 1 is 0.850 bits per heavy atom. The molecule has 9 nitrogen and oxygen atoms in total. The lowest BCUT2D eigenvalue weighted by Crippen LogP contribution is -2.24. The molecule has 0 aromatic heterocycles. The third-order valence-corrected chi connectivity index (χ3v) is 6.16. The van der Waals surface area contributed by atoms with Crippen LogP contribution >= 0.6 is 0 Å². The number of fused-ring (bicyclic) bond motifs is 1. The molecular formula is C31H30N2O7. The molecule has 0 aliphatic rings. The van der Waals surface area contributed by atoms with Gasteiger partial charge in [-0.25, -0.2) is 0 Å². The van der Waals surface area contributed by atoms with Crippen molar-refractivity contribution in [2.45, 2.75) is 26.3 Å². The summed E-state index contributed by atoms with van der Waals surface area (Å²) in [5.41, 5.74) is 2.06. The maximum absolute atomic E-state index is 13.2. The molecule has 4 aromatic carbocycles. The number of benzene rings is 4. The molecule has 0 saturated heterocycles. The van der Waals surface area contributed by atoms with Crippen LogP contribution in [0.2, 0.25) is 0 Å². The second-order valence-electron chi connectivity index (χ2n) is 8.97. The van der Waals surface area contributed by atoms with Gasteiger partial charge in [0.15, 0.2) is 0 Å². The number of carboxylic acids is 1. The van der Waals surface area contributed by atoms with Crippen LogP contribution in [0.5, 0.6) is 17.2 Å². The molecule has 4 N–H and O–H groups in total. The number of anilines is 1. The summed E-state index contributed by atoms with van der Waals surface area (Å²) in [4.78, 5) is 35.9. The van der Waals surface area contributed by atoms with Crippen molar-refractivity contribution in [2.24, 2.45) is 0 Å². The van der Waals surface area contributed by atoms with Crippen molar-refractivity contribution in [1.82, 2.24) is 5.32 Å². The smallest absolute Gasteiger partial charge is 0.307 e. The minimum absolute atomic E-state index is 0.0544. The molecule has 0 bridgehead atoms. The maximum Gasteiger partial charge on any atom is 0.307 e. The van der Waals surface area contributed by atoms with E-state index in [9.17, 15) is 19.5 Å². The van der Waals surface area contributed by atoms with Gasteiger partial charge in [0, 0.05) is 29.4 Å². The van der Waals surface area contributed by atoms with Crippen LogP contribution in [0.25, 0.3) is 10.8 Å². The van der Waals surface area contributed by atoms with Gasteiger partial charge in [0.2, 0.25) is 5.91 Å². The predicted molar refractivity (Wildman–Crippen MR) is 151 cm³/mol. The van der Waals surface area contributed by atoms with E-state index in [2.05, 4.69) is 10.6 Å². The number of ether oxygens (including phenoxy) is 2. The van der Waals surface area contributed by atoms with Crippen molar-refractivity contribution >= 4 is 34.2 Å². The molecule has 0 saturated carbocycles. The van der Waals surface area contributed by atoms with Gasteiger partial charge in [-0.1, -0.05) is 61.5 Å².